The van der Waals surface area contributed by atoms with Crippen LogP contribution in [0, 0.1) is 0 Å². The fraction of sp³-hybridized carbons (Fsp3) is 0.333. The van der Waals surface area contributed by atoms with Gasteiger partial charge in [0.05, 0.1) is 24.6 Å². The largest absolute Gasteiger partial charge is 0.379 e. The molecule has 24 heavy (non-hydrogen) atoms. The zero-order valence-corrected chi connectivity index (χ0v) is 14.5. The molecule has 3 heterocycles. The quantitative estimate of drug-likeness (QED) is 0.683. The normalized spacial score (nSPS) is 15.9. The van der Waals surface area contributed by atoms with Gasteiger partial charge in [0.15, 0.2) is 0 Å². The smallest absolute Gasteiger partial charge is 0.234 e. The topological polar surface area (TPSA) is 42.7 Å². The van der Waals surface area contributed by atoms with E-state index in [1.807, 2.05) is 12.3 Å². The SMILES string of the molecule is CSc1ccc(-c2nc3ncccn3c2CN2CCOCC2)cc1. The average molecular weight is 340 g/mol. The van der Waals surface area contributed by atoms with Crippen molar-refractivity contribution in [3.63, 3.8) is 0 Å². The van der Waals surface area contributed by atoms with Gasteiger partial charge in [-0.15, -0.1) is 11.8 Å². The first-order valence-electron chi connectivity index (χ1n) is 8.11. The molecule has 0 N–H and O–H groups in total. The van der Waals surface area contributed by atoms with Gasteiger partial charge in [-0.2, -0.15) is 0 Å². The van der Waals surface area contributed by atoms with Gasteiger partial charge in [0, 0.05) is 42.5 Å². The molecule has 2 aromatic heterocycles. The van der Waals surface area contributed by atoms with E-state index in [1.165, 1.54) is 10.6 Å². The second-order valence-corrected chi connectivity index (χ2v) is 6.69. The number of nitrogens with zero attached hydrogens (tertiary/aromatic N) is 4. The lowest BCUT2D eigenvalue weighted by Crippen LogP contribution is -2.36. The van der Waals surface area contributed by atoms with Crippen molar-refractivity contribution in [1.82, 2.24) is 19.3 Å². The van der Waals surface area contributed by atoms with E-state index in [0.717, 1.165) is 49.9 Å². The number of benzene rings is 1. The predicted molar refractivity (Wildman–Crippen MR) is 96.3 cm³/mol. The number of thioether (sulfide) groups is 1. The minimum atomic E-state index is 0.754. The number of rotatable bonds is 4. The second-order valence-electron chi connectivity index (χ2n) is 5.81. The Bertz CT molecular complexity index is 825. The lowest BCUT2D eigenvalue weighted by molar-refractivity contribution is 0.0336. The van der Waals surface area contributed by atoms with E-state index in [4.69, 9.17) is 9.72 Å². The fourth-order valence-corrected chi connectivity index (χ4v) is 3.45. The summed E-state index contributed by atoms with van der Waals surface area (Å²) in [6.45, 7) is 4.37. The minimum Gasteiger partial charge on any atom is -0.379 e. The summed E-state index contributed by atoms with van der Waals surface area (Å²) in [5, 5.41) is 0. The maximum absolute atomic E-state index is 5.47. The molecule has 5 nitrogen and oxygen atoms in total. The summed E-state index contributed by atoms with van der Waals surface area (Å²) in [5.74, 6) is 0.754. The van der Waals surface area contributed by atoms with Crippen LogP contribution in [0.5, 0.6) is 0 Å². The van der Waals surface area contributed by atoms with Crippen LogP contribution in [0.3, 0.4) is 0 Å². The Labute approximate surface area is 145 Å². The van der Waals surface area contributed by atoms with Gasteiger partial charge in [-0.05, 0) is 24.5 Å². The number of aromatic nitrogens is 3. The average Bonchev–Trinajstić information content (AvgIpc) is 3.01. The van der Waals surface area contributed by atoms with Crippen LogP contribution in [0.15, 0.2) is 47.6 Å². The summed E-state index contributed by atoms with van der Waals surface area (Å²) < 4.78 is 7.57. The Morgan fingerprint density at radius 1 is 1.17 bits per heavy atom. The molecule has 1 aromatic carbocycles. The Hall–Kier alpha value is -1.89. The third-order valence-corrected chi connectivity index (χ3v) is 5.09. The van der Waals surface area contributed by atoms with E-state index in [2.05, 4.69) is 44.8 Å². The molecule has 4 rings (SSSR count). The van der Waals surface area contributed by atoms with E-state index < -0.39 is 0 Å². The molecule has 1 saturated heterocycles. The number of morpholine rings is 1. The zero-order chi connectivity index (χ0) is 16.4. The molecule has 6 heteroatoms. The van der Waals surface area contributed by atoms with Gasteiger partial charge in [0.2, 0.25) is 5.78 Å². The Morgan fingerprint density at radius 2 is 1.96 bits per heavy atom. The number of imidazole rings is 1. The highest BCUT2D eigenvalue weighted by molar-refractivity contribution is 7.98. The molecule has 0 bridgehead atoms. The molecule has 1 aliphatic rings. The highest BCUT2D eigenvalue weighted by atomic mass is 32.2. The molecule has 0 aliphatic carbocycles. The molecule has 3 aromatic rings. The van der Waals surface area contributed by atoms with Crippen molar-refractivity contribution in [3.8, 4) is 11.3 Å². The molecular formula is C18H20N4OS. The van der Waals surface area contributed by atoms with E-state index in [1.54, 1.807) is 18.0 Å². The van der Waals surface area contributed by atoms with E-state index in [0.29, 0.717) is 0 Å². The standard InChI is InChI=1S/C18H20N4OS/c1-24-15-5-3-14(4-6-15)17-16(13-21-9-11-23-12-10-21)22-8-2-7-19-18(22)20-17/h2-8H,9-13H2,1H3. The number of hydrogen-bond acceptors (Lipinski definition) is 5. The van der Waals surface area contributed by atoms with Crippen molar-refractivity contribution >= 4 is 17.5 Å². The summed E-state index contributed by atoms with van der Waals surface area (Å²) in [4.78, 5) is 12.9. The number of hydrogen-bond donors (Lipinski definition) is 0. The molecule has 0 unspecified atom stereocenters. The molecular weight excluding hydrogens is 320 g/mol. The Kier molecular flexibility index (Phi) is 4.51. The number of fused-ring (bicyclic) bond motifs is 1. The van der Waals surface area contributed by atoms with Crippen molar-refractivity contribution in [3.05, 3.63) is 48.4 Å². The molecule has 124 valence electrons. The van der Waals surface area contributed by atoms with Crippen molar-refractivity contribution in [1.29, 1.82) is 0 Å². The van der Waals surface area contributed by atoms with E-state index in [9.17, 15) is 0 Å². The maximum Gasteiger partial charge on any atom is 0.234 e. The van der Waals surface area contributed by atoms with Crippen LogP contribution < -0.4 is 0 Å². The van der Waals surface area contributed by atoms with Gasteiger partial charge in [0.1, 0.15) is 0 Å². The van der Waals surface area contributed by atoms with Gasteiger partial charge >= 0.3 is 0 Å². The molecule has 0 saturated carbocycles. The van der Waals surface area contributed by atoms with E-state index >= 15 is 0 Å². The third-order valence-electron chi connectivity index (χ3n) is 4.34. The van der Waals surface area contributed by atoms with Gasteiger partial charge in [-0.3, -0.25) is 9.30 Å². The van der Waals surface area contributed by atoms with Crippen LogP contribution in [-0.2, 0) is 11.3 Å². The molecule has 0 amide bonds. The molecule has 1 fully saturated rings. The zero-order valence-electron chi connectivity index (χ0n) is 13.7. The third kappa shape index (κ3) is 3.05. The lowest BCUT2D eigenvalue weighted by atomic mass is 10.1. The summed E-state index contributed by atoms with van der Waals surface area (Å²) in [6, 6.07) is 10.6. The molecule has 0 radical (unpaired) electrons. The molecule has 1 aliphatic heterocycles. The van der Waals surface area contributed by atoms with E-state index in [-0.39, 0.29) is 0 Å². The predicted octanol–water partition coefficient (Wildman–Crippen LogP) is 2.95. The van der Waals surface area contributed by atoms with Gasteiger partial charge < -0.3 is 4.74 Å². The van der Waals surface area contributed by atoms with Gasteiger partial charge in [0.25, 0.3) is 0 Å². The van der Waals surface area contributed by atoms with Crippen molar-refractivity contribution in [2.75, 3.05) is 32.6 Å². The van der Waals surface area contributed by atoms with Crippen LogP contribution in [0.25, 0.3) is 17.0 Å². The summed E-state index contributed by atoms with van der Waals surface area (Å²) in [6.07, 6.45) is 5.93. The number of ether oxygens (including phenoxy) is 1. The Balaban J connectivity index is 1.76. The second kappa shape index (κ2) is 6.93. The fourth-order valence-electron chi connectivity index (χ4n) is 3.04. The van der Waals surface area contributed by atoms with Crippen molar-refractivity contribution in [2.45, 2.75) is 11.4 Å². The maximum atomic E-state index is 5.47. The summed E-state index contributed by atoms with van der Waals surface area (Å²) >= 11 is 1.75. The lowest BCUT2D eigenvalue weighted by Gasteiger charge is -2.26. The first kappa shape index (κ1) is 15.6. The highest BCUT2D eigenvalue weighted by Gasteiger charge is 2.19. The molecule has 0 spiro atoms. The summed E-state index contributed by atoms with van der Waals surface area (Å²) in [5.41, 5.74) is 3.35. The first-order chi connectivity index (χ1) is 11.8. The van der Waals surface area contributed by atoms with Crippen molar-refractivity contribution in [2.24, 2.45) is 0 Å². The molecule has 0 atom stereocenters. The van der Waals surface area contributed by atoms with Crippen LogP contribution in [0.2, 0.25) is 0 Å². The van der Waals surface area contributed by atoms with Crippen LogP contribution in [0.1, 0.15) is 5.69 Å². The van der Waals surface area contributed by atoms with Gasteiger partial charge in [-0.25, -0.2) is 9.97 Å². The van der Waals surface area contributed by atoms with Crippen LogP contribution in [-0.4, -0.2) is 51.8 Å². The highest BCUT2D eigenvalue weighted by Crippen LogP contribution is 2.27. The van der Waals surface area contributed by atoms with Crippen LogP contribution >= 0.6 is 11.8 Å². The monoisotopic (exact) mass is 340 g/mol. The minimum absolute atomic E-state index is 0.754. The van der Waals surface area contributed by atoms with Crippen LogP contribution in [0.4, 0.5) is 0 Å². The van der Waals surface area contributed by atoms with Gasteiger partial charge in [-0.1, -0.05) is 12.1 Å². The van der Waals surface area contributed by atoms with Crippen molar-refractivity contribution < 1.29 is 4.74 Å². The Morgan fingerprint density at radius 3 is 2.71 bits per heavy atom. The first-order valence-corrected chi connectivity index (χ1v) is 9.34. The summed E-state index contributed by atoms with van der Waals surface area (Å²) in [7, 11) is 0.